The molecule has 4 N–H and O–H groups in total. The maximum absolute atomic E-state index is 5.28. The molecule has 0 heterocycles. The Morgan fingerprint density at radius 3 is 1.07 bits per heavy atom. The van der Waals surface area contributed by atoms with E-state index in [1.54, 1.807) is 0 Å². The summed E-state index contributed by atoms with van der Waals surface area (Å²) < 4.78 is 0. The topological polar surface area (TPSA) is 52.0 Å². The third-order valence-electron chi connectivity index (χ3n) is 1.97. The van der Waals surface area contributed by atoms with Crippen molar-refractivity contribution in [2.75, 3.05) is 13.1 Å². The molecule has 0 aliphatic rings. The van der Waals surface area contributed by atoms with Crippen molar-refractivity contribution in [2.24, 2.45) is 23.3 Å². The highest BCUT2D eigenvalue weighted by Gasteiger charge is 1.89. The highest BCUT2D eigenvalue weighted by molar-refractivity contribution is 4.44. The van der Waals surface area contributed by atoms with Gasteiger partial charge in [-0.25, -0.2) is 0 Å². The van der Waals surface area contributed by atoms with Crippen LogP contribution >= 0.6 is 0 Å². The van der Waals surface area contributed by atoms with Gasteiger partial charge >= 0.3 is 0 Å². The van der Waals surface area contributed by atoms with Gasteiger partial charge in [-0.1, -0.05) is 27.7 Å². The predicted octanol–water partition coefficient (Wildman–Crippen LogP) is 2.76. The minimum atomic E-state index is 0.823. The van der Waals surface area contributed by atoms with Gasteiger partial charge in [-0.3, -0.25) is 0 Å². The zero-order valence-corrected chi connectivity index (χ0v) is 10.6. The van der Waals surface area contributed by atoms with E-state index in [4.69, 9.17) is 11.5 Å². The Labute approximate surface area is 90.4 Å². The fourth-order valence-corrected chi connectivity index (χ4v) is 1.05. The Kier molecular flexibility index (Phi) is 15.1. The third-order valence-corrected chi connectivity index (χ3v) is 1.97. The first-order chi connectivity index (χ1) is 6.54. The monoisotopic (exact) mass is 202 g/mol. The number of hydrogen-bond donors (Lipinski definition) is 2. The van der Waals surface area contributed by atoms with Gasteiger partial charge in [-0.2, -0.15) is 0 Å². The molecule has 0 amide bonds. The average molecular weight is 202 g/mol. The van der Waals surface area contributed by atoms with Crippen LogP contribution in [0.3, 0.4) is 0 Å². The Hall–Kier alpha value is -0.0800. The molecule has 0 spiro atoms. The largest absolute Gasteiger partial charge is 0.330 e. The van der Waals surface area contributed by atoms with Crippen LogP contribution in [0.1, 0.15) is 53.4 Å². The Morgan fingerprint density at radius 1 is 0.714 bits per heavy atom. The lowest BCUT2D eigenvalue weighted by Crippen LogP contribution is -1.99. The molecule has 0 atom stereocenters. The molecule has 88 valence electrons. The molecule has 0 aromatic carbocycles. The minimum Gasteiger partial charge on any atom is -0.330 e. The van der Waals surface area contributed by atoms with E-state index in [1.165, 1.54) is 25.7 Å². The van der Waals surface area contributed by atoms with E-state index in [1.807, 2.05) is 0 Å². The molecule has 14 heavy (non-hydrogen) atoms. The van der Waals surface area contributed by atoms with E-state index < -0.39 is 0 Å². The molecule has 0 fully saturated rings. The zero-order chi connectivity index (χ0) is 11.4. The van der Waals surface area contributed by atoms with E-state index in [0.29, 0.717) is 0 Å². The average Bonchev–Trinajstić information content (AvgIpc) is 2.12. The molecule has 0 saturated carbocycles. The molecule has 0 bridgehead atoms. The summed E-state index contributed by atoms with van der Waals surface area (Å²) in [7, 11) is 0. The molecular formula is C12H30N2. The van der Waals surface area contributed by atoms with E-state index in [9.17, 15) is 0 Å². The second-order valence-electron chi connectivity index (χ2n) is 4.65. The first-order valence-corrected chi connectivity index (χ1v) is 5.94. The summed E-state index contributed by atoms with van der Waals surface area (Å²) in [5, 5.41) is 0. The predicted molar refractivity (Wildman–Crippen MR) is 66.3 cm³/mol. The van der Waals surface area contributed by atoms with Crippen molar-refractivity contribution in [3.05, 3.63) is 0 Å². The van der Waals surface area contributed by atoms with Gasteiger partial charge in [0.1, 0.15) is 0 Å². The van der Waals surface area contributed by atoms with Crippen LogP contribution in [0.2, 0.25) is 0 Å². The van der Waals surface area contributed by atoms with Crippen LogP contribution in [0, 0.1) is 11.8 Å². The highest BCUT2D eigenvalue weighted by atomic mass is 14.5. The fourth-order valence-electron chi connectivity index (χ4n) is 1.05. The normalized spacial score (nSPS) is 10.3. The van der Waals surface area contributed by atoms with Gasteiger partial charge in [-0.05, 0) is 50.6 Å². The summed E-state index contributed by atoms with van der Waals surface area (Å²) in [6.07, 6.45) is 4.91. The quantitative estimate of drug-likeness (QED) is 0.696. The standard InChI is InChI=1S/2C6H15N/c2*1-6(2)4-3-5-7/h2*6H,3-5,7H2,1-2H3. The lowest BCUT2D eigenvalue weighted by molar-refractivity contribution is 0.561. The van der Waals surface area contributed by atoms with Crippen LogP contribution in [0.25, 0.3) is 0 Å². The van der Waals surface area contributed by atoms with Gasteiger partial charge in [0, 0.05) is 0 Å². The maximum Gasteiger partial charge on any atom is -0.00772 e. The molecule has 0 aliphatic carbocycles. The van der Waals surface area contributed by atoms with E-state index in [0.717, 1.165) is 24.9 Å². The maximum atomic E-state index is 5.28. The van der Waals surface area contributed by atoms with Crippen molar-refractivity contribution < 1.29 is 0 Å². The summed E-state index contributed by atoms with van der Waals surface area (Å²) in [4.78, 5) is 0. The molecule has 2 nitrogen and oxygen atoms in total. The van der Waals surface area contributed by atoms with Gasteiger partial charge in [0.25, 0.3) is 0 Å². The molecule has 0 unspecified atom stereocenters. The van der Waals surface area contributed by atoms with Gasteiger partial charge in [0.2, 0.25) is 0 Å². The smallest absolute Gasteiger partial charge is 0.00772 e. The van der Waals surface area contributed by atoms with Crippen LogP contribution in [0.4, 0.5) is 0 Å². The molecule has 0 aromatic heterocycles. The number of nitrogens with two attached hydrogens (primary N) is 2. The van der Waals surface area contributed by atoms with Crippen LogP contribution in [-0.4, -0.2) is 13.1 Å². The van der Waals surface area contributed by atoms with Crippen molar-refractivity contribution in [1.29, 1.82) is 0 Å². The van der Waals surface area contributed by atoms with Crippen LogP contribution in [0.15, 0.2) is 0 Å². The van der Waals surface area contributed by atoms with E-state index >= 15 is 0 Å². The SMILES string of the molecule is CC(C)CCCN.CC(C)CCCN. The van der Waals surface area contributed by atoms with Gasteiger partial charge in [0.05, 0.1) is 0 Å². The summed E-state index contributed by atoms with van der Waals surface area (Å²) in [5.41, 5.74) is 10.6. The van der Waals surface area contributed by atoms with Gasteiger partial charge in [0.15, 0.2) is 0 Å². The Morgan fingerprint density at radius 2 is 1.00 bits per heavy atom. The summed E-state index contributed by atoms with van der Waals surface area (Å²) in [6, 6.07) is 0. The first-order valence-electron chi connectivity index (χ1n) is 5.94. The second kappa shape index (κ2) is 12.9. The van der Waals surface area contributed by atoms with Crippen molar-refractivity contribution >= 4 is 0 Å². The van der Waals surface area contributed by atoms with Crippen molar-refractivity contribution in [2.45, 2.75) is 53.4 Å². The Bertz CT molecular complexity index is 78.3. The molecule has 0 aliphatic heterocycles. The first kappa shape index (κ1) is 16.4. The molecule has 0 aromatic rings. The lowest BCUT2D eigenvalue weighted by Gasteiger charge is -1.98. The molecular weight excluding hydrogens is 172 g/mol. The number of hydrogen-bond acceptors (Lipinski definition) is 2. The van der Waals surface area contributed by atoms with Gasteiger partial charge < -0.3 is 11.5 Å². The van der Waals surface area contributed by atoms with Crippen molar-refractivity contribution in [3.63, 3.8) is 0 Å². The molecule has 0 rings (SSSR count). The fraction of sp³-hybridized carbons (Fsp3) is 1.00. The number of rotatable bonds is 6. The summed E-state index contributed by atoms with van der Waals surface area (Å²) in [6.45, 7) is 10.6. The third kappa shape index (κ3) is 22.7. The summed E-state index contributed by atoms with van der Waals surface area (Å²) >= 11 is 0. The molecule has 2 heteroatoms. The second-order valence-corrected chi connectivity index (χ2v) is 4.65. The van der Waals surface area contributed by atoms with Gasteiger partial charge in [-0.15, -0.1) is 0 Å². The minimum absolute atomic E-state index is 0.823. The van der Waals surface area contributed by atoms with E-state index in [2.05, 4.69) is 27.7 Å². The lowest BCUT2D eigenvalue weighted by atomic mass is 10.1. The van der Waals surface area contributed by atoms with Crippen LogP contribution < -0.4 is 11.5 Å². The zero-order valence-electron chi connectivity index (χ0n) is 10.6. The Balaban J connectivity index is 0. The van der Waals surface area contributed by atoms with Crippen molar-refractivity contribution in [1.82, 2.24) is 0 Å². The van der Waals surface area contributed by atoms with E-state index in [-0.39, 0.29) is 0 Å². The summed E-state index contributed by atoms with van der Waals surface area (Å²) in [5.74, 6) is 1.65. The van der Waals surface area contributed by atoms with Crippen LogP contribution in [-0.2, 0) is 0 Å². The highest BCUT2D eigenvalue weighted by Crippen LogP contribution is 2.00. The van der Waals surface area contributed by atoms with Crippen LogP contribution in [0.5, 0.6) is 0 Å². The molecule has 0 saturated heterocycles. The van der Waals surface area contributed by atoms with Crippen molar-refractivity contribution in [3.8, 4) is 0 Å². The molecule has 0 radical (unpaired) electrons.